The van der Waals surface area contributed by atoms with Gasteiger partial charge in [0.05, 0.1) is 12.0 Å². The first kappa shape index (κ1) is 23.5. The molecular weight excluding hydrogens is 449 g/mol. The third-order valence-electron chi connectivity index (χ3n) is 5.01. The van der Waals surface area contributed by atoms with Crippen molar-refractivity contribution in [3.63, 3.8) is 0 Å². The highest BCUT2D eigenvalue weighted by molar-refractivity contribution is 7.99. The minimum absolute atomic E-state index is 0.173. The molecule has 0 atom stereocenters. The van der Waals surface area contributed by atoms with Crippen LogP contribution >= 0.6 is 35.0 Å². The van der Waals surface area contributed by atoms with Gasteiger partial charge in [-0.1, -0.05) is 41.4 Å². The van der Waals surface area contributed by atoms with Crippen molar-refractivity contribution in [2.45, 2.75) is 33.4 Å². The summed E-state index contributed by atoms with van der Waals surface area (Å²) < 4.78 is 2.22. The molecule has 3 rings (SSSR count). The molecule has 0 aliphatic rings. The molecule has 0 bridgehead atoms. The van der Waals surface area contributed by atoms with E-state index < -0.39 is 0 Å². The fourth-order valence-electron chi connectivity index (χ4n) is 3.37. The van der Waals surface area contributed by atoms with Gasteiger partial charge in [-0.25, -0.2) is 5.43 Å². The summed E-state index contributed by atoms with van der Waals surface area (Å²) in [5, 5.41) is 5.37. The lowest BCUT2D eigenvalue weighted by Crippen LogP contribution is -2.19. The lowest BCUT2D eigenvalue weighted by Gasteiger charge is -2.13. The van der Waals surface area contributed by atoms with Crippen molar-refractivity contribution in [2.75, 3.05) is 5.75 Å². The topological polar surface area (TPSA) is 46.4 Å². The SMILES string of the molecule is Cc1ccc(C)c(-n2c(C)cc(/C=N\NC(=O)CSCc3c(Cl)cccc3Cl)c2C)c1. The van der Waals surface area contributed by atoms with Crippen LogP contribution in [0.4, 0.5) is 0 Å². The molecule has 0 aliphatic carbocycles. The van der Waals surface area contributed by atoms with Crippen molar-refractivity contribution in [3.8, 4) is 5.69 Å². The zero-order valence-electron chi connectivity index (χ0n) is 18.0. The highest BCUT2D eigenvalue weighted by Gasteiger charge is 2.12. The van der Waals surface area contributed by atoms with Crippen LogP contribution in [0.3, 0.4) is 0 Å². The molecular formula is C24H25Cl2N3OS. The van der Waals surface area contributed by atoms with Gasteiger partial charge in [0, 0.05) is 38.4 Å². The zero-order valence-corrected chi connectivity index (χ0v) is 20.3. The minimum atomic E-state index is -0.173. The smallest absolute Gasteiger partial charge is 0.250 e. The van der Waals surface area contributed by atoms with Crippen LogP contribution in [0, 0.1) is 27.7 Å². The lowest BCUT2D eigenvalue weighted by molar-refractivity contribution is -0.118. The van der Waals surface area contributed by atoms with E-state index >= 15 is 0 Å². The maximum atomic E-state index is 12.1. The molecule has 1 heterocycles. The Bertz CT molecular complexity index is 1120. The first-order valence-corrected chi connectivity index (χ1v) is 11.8. The molecule has 1 amide bonds. The fraction of sp³-hybridized carbons (Fsp3) is 0.250. The molecule has 162 valence electrons. The molecule has 2 aromatic carbocycles. The normalized spacial score (nSPS) is 11.3. The summed E-state index contributed by atoms with van der Waals surface area (Å²) in [6, 6.07) is 13.9. The Balaban J connectivity index is 1.61. The van der Waals surface area contributed by atoms with Gasteiger partial charge in [-0.3, -0.25) is 4.79 Å². The van der Waals surface area contributed by atoms with E-state index in [0.717, 1.165) is 28.2 Å². The largest absolute Gasteiger partial charge is 0.318 e. The number of aromatic nitrogens is 1. The molecule has 1 aromatic heterocycles. The summed E-state index contributed by atoms with van der Waals surface area (Å²) in [6.45, 7) is 8.32. The van der Waals surface area contributed by atoms with E-state index in [-0.39, 0.29) is 11.7 Å². The van der Waals surface area contributed by atoms with Crippen molar-refractivity contribution >= 4 is 47.1 Å². The fourth-order valence-corrected chi connectivity index (χ4v) is 4.93. The zero-order chi connectivity index (χ0) is 22.5. The van der Waals surface area contributed by atoms with E-state index in [4.69, 9.17) is 23.2 Å². The number of hydrazone groups is 1. The second-order valence-electron chi connectivity index (χ2n) is 7.44. The maximum Gasteiger partial charge on any atom is 0.250 e. The molecule has 0 radical (unpaired) electrons. The van der Waals surface area contributed by atoms with E-state index in [1.54, 1.807) is 24.4 Å². The average Bonchev–Trinajstić information content (AvgIpc) is 2.99. The Morgan fingerprint density at radius 3 is 2.52 bits per heavy atom. The molecule has 1 N–H and O–H groups in total. The predicted molar refractivity (Wildman–Crippen MR) is 133 cm³/mol. The van der Waals surface area contributed by atoms with Gasteiger partial charge < -0.3 is 4.57 Å². The number of benzene rings is 2. The summed E-state index contributed by atoms with van der Waals surface area (Å²) >= 11 is 13.8. The van der Waals surface area contributed by atoms with Crippen LogP contribution in [0.2, 0.25) is 10.0 Å². The standard InChI is InChI=1S/C24H25Cl2N3OS/c1-15-8-9-16(2)23(10-15)29-17(3)11-19(18(29)4)12-27-28-24(30)14-31-13-20-21(25)6-5-7-22(20)26/h5-12H,13-14H2,1-4H3,(H,28,30)/b27-12-. The highest BCUT2D eigenvalue weighted by atomic mass is 35.5. The molecule has 0 aliphatic heterocycles. The third-order valence-corrected chi connectivity index (χ3v) is 6.68. The number of carbonyl (C=O) groups excluding carboxylic acids is 1. The van der Waals surface area contributed by atoms with Crippen molar-refractivity contribution in [1.29, 1.82) is 0 Å². The Labute approximate surface area is 197 Å². The van der Waals surface area contributed by atoms with E-state index in [9.17, 15) is 4.79 Å². The van der Waals surface area contributed by atoms with Crippen LogP contribution in [0.1, 0.15) is 33.6 Å². The Morgan fingerprint density at radius 2 is 1.81 bits per heavy atom. The second-order valence-corrected chi connectivity index (χ2v) is 9.24. The van der Waals surface area contributed by atoms with Crippen molar-refractivity contribution in [1.82, 2.24) is 9.99 Å². The number of rotatable bonds is 7. The Morgan fingerprint density at radius 1 is 1.10 bits per heavy atom. The molecule has 0 saturated heterocycles. The van der Waals surface area contributed by atoms with Crippen LogP contribution in [-0.4, -0.2) is 22.4 Å². The van der Waals surface area contributed by atoms with Gasteiger partial charge in [-0.05, 0) is 68.7 Å². The van der Waals surface area contributed by atoms with Gasteiger partial charge in [0.2, 0.25) is 5.91 Å². The quantitative estimate of drug-likeness (QED) is 0.318. The van der Waals surface area contributed by atoms with Gasteiger partial charge in [0.1, 0.15) is 0 Å². The Kier molecular flexibility index (Phi) is 7.87. The first-order chi connectivity index (χ1) is 14.8. The van der Waals surface area contributed by atoms with Gasteiger partial charge in [0.15, 0.2) is 0 Å². The second kappa shape index (κ2) is 10.4. The first-order valence-electron chi connectivity index (χ1n) is 9.87. The number of halogens is 2. The van der Waals surface area contributed by atoms with Gasteiger partial charge in [0.25, 0.3) is 0 Å². The number of nitrogens with one attached hydrogen (secondary N) is 1. The number of thioether (sulfide) groups is 1. The minimum Gasteiger partial charge on any atom is -0.318 e. The highest BCUT2D eigenvalue weighted by Crippen LogP contribution is 2.28. The van der Waals surface area contributed by atoms with Crippen molar-refractivity contribution < 1.29 is 4.79 Å². The molecule has 3 aromatic rings. The summed E-state index contributed by atoms with van der Waals surface area (Å²) in [5.74, 6) is 0.653. The molecule has 4 nitrogen and oxygen atoms in total. The molecule has 31 heavy (non-hydrogen) atoms. The molecule has 0 unspecified atom stereocenters. The molecule has 0 spiro atoms. The van der Waals surface area contributed by atoms with E-state index in [1.807, 2.05) is 0 Å². The molecule has 0 fully saturated rings. The number of carbonyl (C=O) groups is 1. The van der Waals surface area contributed by atoms with Gasteiger partial charge >= 0.3 is 0 Å². The van der Waals surface area contributed by atoms with Crippen LogP contribution < -0.4 is 5.43 Å². The van der Waals surface area contributed by atoms with E-state index in [0.29, 0.717) is 15.8 Å². The number of hydrogen-bond acceptors (Lipinski definition) is 3. The van der Waals surface area contributed by atoms with Crippen molar-refractivity contribution in [3.05, 3.63) is 86.2 Å². The number of amides is 1. The van der Waals surface area contributed by atoms with Crippen LogP contribution in [0.15, 0.2) is 47.6 Å². The third kappa shape index (κ3) is 5.73. The maximum absolute atomic E-state index is 12.1. The number of aryl methyl sites for hydroxylation is 3. The lowest BCUT2D eigenvalue weighted by atomic mass is 10.1. The average molecular weight is 474 g/mol. The van der Waals surface area contributed by atoms with E-state index in [1.165, 1.54) is 22.9 Å². The predicted octanol–water partition coefficient (Wildman–Crippen LogP) is 6.40. The van der Waals surface area contributed by atoms with Crippen LogP contribution in [0.25, 0.3) is 5.69 Å². The Hall–Kier alpha value is -2.21. The number of nitrogens with zero attached hydrogens (tertiary/aromatic N) is 2. The van der Waals surface area contributed by atoms with Gasteiger partial charge in [-0.2, -0.15) is 5.10 Å². The van der Waals surface area contributed by atoms with Crippen molar-refractivity contribution in [2.24, 2.45) is 5.10 Å². The summed E-state index contributed by atoms with van der Waals surface area (Å²) in [5.41, 5.74) is 10.2. The monoisotopic (exact) mass is 473 g/mol. The summed E-state index contributed by atoms with van der Waals surface area (Å²) in [4.78, 5) is 12.1. The molecule has 7 heteroatoms. The van der Waals surface area contributed by atoms with Crippen LogP contribution in [0.5, 0.6) is 0 Å². The van der Waals surface area contributed by atoms with Gasteiger partial charge in [-0.15, -0.1) is 11.8 Å². The van der Waals surface area contributed by atoms with Crippen LogP contribution in [-0.2, 0) is 10.5 Å². The summed E-state index contributed by atoms with van der Waals surface area (Å²) in [6.07, 6.45) is 1.69. The summed E-state index contributed by atoms with van der Waals surface area (Å²) in [7, 11) is 0. The van der Waals surface area contributed by atoms with E-state index in [2.05, 4.69) is 67.1 Å². The number of hydrogen-bond donors (Lipinski definition) is 1. The molecule has 0 saturated carbocycles.